The standard InChI is InChI=1S/C11H16BrNO2/c1-7(2)10(12)6-13-11(14)9-4-5-15-8(9)3/h4-5,7,10H,6H2,1-3H3,(H,13,14). The zero-order valence-electron chi connectivity index (χ0n) is 9.21. The van der Waals surface area contributed by atoms with E-state index in [1.807, 2.05) is 0 Å². The van der Waals surface area contributed by atoms with E-state index in [1.54, 1.807) is 13.0 Å². The van der Waals surface area contributed by atoms with Gasteiger partial charge in [0.1, 0.15) is 5.76 Å². The molecule has 1 aromatic rings. The van der Waals surface area contributed by atoms with Gasteiger partial charge in [0.15, 0.2) is 0 Å². The molecule has 1 amide bonds. The Morgan fingerprint density at radius 2 is 2.27 bits per heavy atom. The summed E-state index contributed by atoms with van der Waals surface area (Å²) >= 11 is 3.51. The topological polar surface area (TPSA) is 42.2 Å². The van der Waals surface area contributed by atoms with Crippen LogP contribution in [0.4, 0.5) is 0 Å². The number of rotatable bonds is 4. The van der Waals surface area contributed by atoms with Gasteiger partial charge in [-0.3, -0.25) is 4.79 Å². The van der Waals surface area contributed by atoms with Crippen molar-refractivity contribution in [2.75, 3.05) is 6.54 Å². The number of hydrogen-bond acceptors (Lipinski definition) is 2. The fourth-order valence-electron chi connectivity index (χ4n) is 1.14. The van der Waals surface area contributed by atoms with E-state index in [0.717, 1.165) is 0 Å². The number of furan rings is 1. The van der Waals surface area contributed by atoms with Gasteiger partial charge in [0.05, 0.1) is 11.8 Å². The number of hydrogen-bond donors (Lipinski definition) is 1. The van der Waals surface area contributed by atoms with Crippen LogP contribution in [0.5, 0.6) is 0 Å². The van der Waals surface area contributed by atoms with Gasteiger partial charge in [0, 0.05) is 11.4 Å². The lowest BCUT2D eigenvalue weighted by Gasteiger charge is -2.14. The number of carbonyl (C=O) groups is 1. The molecule has 0 aliphatic heterocycles. The maximum Gasteiger partial charge on any atom is 0.254 e. The third-order valence-corrected chi connectivity index (χ3v) is 3.67. The van der Waals surface area contributed by atoms with Crippen molar-refractivity contribution in [1.29, 1.82) is 0 Å². The van der Waals surface area contributed by atoms with Crippen LogP contribution in [0.1, 0.15) is 30.0 Å². The van der Waals surface area contributed by atoms with Crippen molar-refractivity contribution in [3.05, 3.63) is 23.7 Å². The molecule has 0 aliphatic rings. The van der Waals surface area contributed by atoms with Crippen molar-refractivity contribution in [3.63, 3.8) is 0 Å². The Morgan fingerprint density at radius 1 is 1.60 bits per heavy atom. The smallest absolute Gasteiger partial charge is 0.254 e. The molecule has 15 heavy (non-hydrogen) atoms. The highest BCUT2D eigenvalue weighted by Gasteiger charge is 2.14. The first-order chi connectivity index (χ1) is 7.02. The average Bonchev–Trinajstić information content (AvgIpc) is 2.60. The molecule has 1 aromatic heterocycles. The van der Waals surface area contributed by atoms with Gasteiger partial charge in [-0.05, 0) is 18.9 Å². The van der Waals surface area contributed by atoms with Crippen LogP contribution in [0, 0.1) is 12.8 Å². The third kappa shape index (κ3) is 3.38. The Balaban J connectivity index is 2.47. The lowest BCUT2D eigenvalue weighted by molar-refractivity contribution is 0.0951. The molecule has 0 saturated carbocycles. The number of carbonyl (C=O) groups excluding carboxylic acids is 1. The molecule has 0 aliphatic carbocycles. The highest BCUT2D eigenvalue weighted by Crippen LogP contribution is 2.12. The van der Waals surface area contributed by atoms with E-state index in [1.165, 1.54) is 6.26 Å². The van der Waals surface area contributed by atoms with Gasteiger partial charge >= 0.3 is 0 Å². The predicted octanol–water partition coefficient (Wildman–Crippen LogP) is 2.74. The summed E-state index contributed by atoms with van der Waals surface area (Å²) in [5.41, 5.74) is 0.610. The van der Waals surface area contributed by atoms with Gasteiger partial charge in [-0.1, -0.05) is 29.8 Å². The van der Waals surface area contributed by atoms with Crippen LogP contribution < -0.4 is 5.32 Å². The van der Waals surface area contributed by atoms with Crippen molar-refractivity contribution < 1.29 is 9.21 Å². The first-order valence-corrected chi connectivity index (χ1v) is 5.90. The van der Waals surface area contributed by atoms with E-state index in [-0.39, 0.29) is 5.91 Å². The second-order valence-electron chi connectivity index (χ2n) is 3.86. The van der Waals surface area contributed by atoms with E-state index in [2.05, 4.69) is 35.1 Å². The molecular weight excluding hydrogens is 258 g/mol. The second kappa shape index (κ2) is 5.35. The normalized spacial score (nSPS) is 12.9. The molecule has 0 fully saturated rings. The summed E-state index contributed by atoms with van der Waals surface area (Å²) in [6, 6.07) is 1.68. The summed E-state index contributed by atoms with van der Waals surface area (Å²) in [6.07, 6.45) is 1.53. The number of nitrogens with one attached hydrogen (secondary N) is 1. The maximum atomic E-state index is 11.7. The molecule has 0 bridgehead atoms. The Hall–Kier alpha value is -0.770. The van der Waals surface area contributed by atoms with Crippen LogP contribution in [-0.2, 0) is 0 Å². The number of amides is 1. The fourth-order valence-corrected chi connectivity index (χ4v) is 1.30. The summed E-state index contributed by atoms with van der Waals surface area (Å²) in [4.78, 5) is 12.0. The zero-order chi connectivity index (χ0) is 11.4. The lowest BCUT2D eigenvalue weighted by Crippen LogP contribution is -2.31. The quantitative estimate of drug-likeness (QED) is 0.858. The molecule has 4 heteroatoms. The predicted molar refractivity (Wildman–Crippen MR) is 63.3 cm³/mol. The van der Waals surface area contributed by atoms with Crippen LogP contribution in [0.2, 0.25) is 0 Å². The summed E-state index contributed by atoms with van der Waals surface area (Å²) in [6.45, 7) is 6.62. The van der Waals surface area contributed by atoms with Gasteiger partial charge in [-0.25, -0.2) is 0 Å². The zero-order valence-corrected chi connectivity index (χ0v) is 10.8. The van der Waals surface area contributed by atoms with Crippen molar-refractivity contribution in [2.24, 2.45) is 5.92 Å². The van der Waals surface area contributed by atoms with Crippen LogP contribution in [0.15, 0.2) is 16.7 Å². The highest BCUT2D eigenvalue weighted by molar-refractivity contribution is 9.09. The van der Waals surface area contributed by atoms with E-state index in [0.29, 0.717) is 28.6 Å². The van der Waals surface area contributed by atoms with E-state index >= 15 is 0 Å². The van der Waals surface area contributed by atoms with Gasteiger partial charge in [0.25, 0.3) is 5.91 Å². The van der Waals surface area contributed by atoms with Gasteiger partial charge < -0.3 is 9.73 Å². The largest absolute Gasteiger partial charge is 0.469 e. The molecule has 1 atom stereocenters. The molecule has 0 aromatic carbocycles. The number of aryl methyl sites for hydroxylation is 1. The molecule has 0 saturated heterocycles. The summed E-state index contributed by atoms with van der Waals surface area (Å²) in [7, 11) is 0. The average molecular weight is 274 g/mol. The molecule has 0 radical (unpaired) electrons. The van der Waals surface area contributed by atoms with Crippen molar-refractivity contribution >= 4 is 21.8 Å². The van der Waals surface area contributed by atoms with Gasteiger partial charge in [-0.2, -0.15) is 0 Å². The van der Waals surface area contributed by atoms with Crippen molar-refractivity contribution in [2.45, 2.75) is 25.6 Å². The number of alkyl halides is 1. The molecule has 84 valence electrons. The molecule has 1 heterocycles. The third-order valence-electron chi connectivity index (χ3n) is 2.28. The molecule has 0 spiro atoms. The first kappa shape index (κ1) is 12.3. The number of halogens is 1. The Labute approximate surface area is 98.4 Å². The Kier molecular flexibility index (Phi) is 4.39. The van der Waals surface area contributed by atoms with Crippen molar-refractivity contribution in [1.82, 2.24) is 5.32 Å². The first-order valence-electron chi connectivity index (χ1n) is 4.98. The summed E-state index contributed by atoms with van der Waals surface area (Å²) in [5.74, 6) is 1.07. The molecule has 1 rings (SSSR count). The highest BCUT2D eigenvalue weighted by atomic mass is 79.9. The minimum atomic E-state index is -0.0775. The lowest BCUT2D eigenvalue weighted by atomic mass is 10.1. The second-order valence-corrected chi connectivity index (χ2v) is 5.04. The minimum Gasteiger partial charge on any atom is -0.469 e. The van der Waals surface area contributed by atoms with Crippen molar-refractivity contribution in [3.8, 4) is 0 Å². The van der Waals surface area contributed by atoms with Crippen LogP contribution in [-0.4, -0.2) is 17.3 Å². The van der Waals surface area contributed by atoms with E-state index in [4.69, 9.17) is 4.42 Å². The summed E-state index contributed by atoms with van der Waals surface area (Å²) < 4.78 is 5.07. The Bertz CT molecular complexity index is 333. The SMILES string of the molecule is Cc1occc1C(=O)NCC(Br)C(C)C. The van der Waals surface area contributed by atoms with Gasteiger partial charge in [-0.15, -0.1) is 0 Å². The minimum absolute atomic E-state index is 0.0775. The molecule has 3 nitrogen and oxygen atoms in total. The van der Waals surface area contributed by atoms with Gasteiger partial charge in [0.2, 0.25) is 0 Å². The Morgan fingerprint density at radius 3 is 2.73 bits per heavy atom. The maximum absolute atomic E-state index is 11.7. The molecular formula is C11H16BrNO2. The van der Waals surface area contributed by atoms with Crippen LogP contribution >= 0.6 is 15.9 Å². The fraction of sp³-hybridized carbons (Fsp3) is 0.545. The monoisotopic (exact) mass is 273 g/mol. The van der Waals surface area contributed by atoms with Crippen LogP contribution in [0.3, 0.4) is 0 Å². The van der Waals surface area contributed by atoms with E-state index < -0.39 is 0 Å². The van der Waals surface area contributed by atoms with E-state index in [9.17, 15) is 4.79 Å². The van der Waals surface area contributed by atoms with Crippen LogP contribution in [0.25, 0.3) is 0 Å². The summed E-state index contributed by atoms with van der Waals surface area (Å²) in [5, 5.41) is 2.86. The molecule has 1 unspecified atom stereocenters. The molecule has 1 N–H and O–H groups in total.